The van der Waals surface area contributed by atoms with E-state index in [-0.39, 0.29) is 11.1 Å². The number of carbonyl (C=O) groups is 2. The van der Waals surface area contributed by atoms with Crippen molar-refractivity contribution in [2.24, 2.45) is 0 Å². The van der Waals surface area contributed by atoms with Gasteiger partial charge in [0, 0.05) is 0 Å². The van der Waals surface area contributed by atoms with Crippen LogP contribution in [-0.4, -0.2) is 22.2 Å². The molecule has 0 unspecified atom stereocenters. The highest BCUT2D eigenvalue weighted by molar-refractivity contribution is 6.06. The molecule has 164 valence electrons. The first-order chi connectivity index (χ1) is 16.0. The average Bonchev–Trinajstić information content (AvgIpc) is 2.84. The van der Waals surface area contributed by atoms with Gasteiger partial charge in [-0.05, 0) is 57.5 Å². The quantitative estimate of drug-likeness (QED) is 0.326. The van der Waals surface area contributed by atoms with Crippen LogP contribution in [0.25, 0.3) is 33.4 Å². The number of benzene rings is 4. The molecule has 0 aromatic heterocycles. The number of rotatable bonds is 7. The summed E-state index contributed by atoms with van der Waals surface area (Å²) in [6, 6.07) is 27.6. The molecule has 0 bridgehead atoms. The maximum absolute atomic E-state index is 12.2. The van der Waals surface area contributed by atoms with Crippen LogP contribution < -0.4 is 0 Å². The maximum Gasteiger partial charge on any atom is 0.336 e. The summed E-state index contributed by atoms with van der Waals surface area (Å²) in [5.74, 6) is -2.04. The Morgan fingerprint density at radius 1 is 0.606 bits per heavy atom. The van der Waals surface area contributed by atoms with Gasteiger partial charge in [0.25, 0.3) is 0 Å². The number of carboxylic acid groups (broad SMARTS) is 2. The molecule has 0 spiro atoms. The van der Waals surface area contributed by atoms with Gasteiger partial charge in [0.15, 0.2) is 0 Å². The van der Waals surface area contributed by atoms with Crippen molar-refractivity contribution in [2.75, 3.05) is 0 Å². The SMILES string of the molecule is CCCc1ccc(-c2ccccc2)c(-c2ccccc2C(=O)O)c1-c1ccccc1C(=O)O. The highest BCUT2D eigenvalue weighted by atomic mass is 16.4. The third-order valence-corrected chi connectivity index (χ3v) is 5.75. The standard InChI is InChI=1S/C29H24O4/c1-2-10-20-17-18-21(19-11-4-3-5-12-19)27(23-14-7-9-16-25(23)29(32)33)26(20)22-13-6-8-15-24(22)28(30)31/h3-9,11-18H,2,10H2,1H3,(H,30,31)(H,32,33). The van der Waals surface area contributed by atoms with Gasteiger partial charge in [-0.15, -0.1) is 0 Å². The second-order valence-electron chi connectivity index (χ2n) is 7.84. The van der Waals surface area contributed by atoms with Gasteiger partial charge in [0.2, 0.25) is 0 Å². The number of hydrogen-bond acceptors (Lipinski definition) is 2. The van der Waals surface area contributed by atoms with Crippen molar-refractivity contribution < 1.29 is 19.8 Å². The fourth-order valence-corrected chi connectivity index (χ4v) is 4.34. The summed E-state index contributed by atoms with van der Waals surface area (Å²) >= 11 is 0. The van der Waals surface area contributed by atoms with Gasteiger partial charge in [-0.2, -0.15) is 0 Å². The van der Waals surface area contributed by atoms with Crippen LogP contribution in [0.15, 0.2) is 91.0 Å². The predicted molar refractivity (Wildman–Crippen MR) is 131 cm³/mol. The lowest BCUT2D eigenvalue weighted by Gasteiger charge is -2.22. The maximum atomic E-state index is 12.2. The first-order valence-electron chi connectivity index (χ1n) is 10.9. The molecule has 4 heteroatoms. The number of hydrogen-bond donors (Lipinski definition) is 2. The molecule has 0 heterocycles. The Hall–Kier alpha value is -4.18. The molecule has 0 saturated heterocycles. The third kappa shape index (κ3) is 4.28. The molecule has 0 aliphatic rings. The molecule has 4 rings (SSSR count). The van der Waals surface area contributed by atoms with Gasteiger partial charge >= 0.3 is 11.9 Å². The fraction of sp³-hybridized carbons (Fsp3) is 0.103. The molecule has 0 amide bonds. The van der Waals surface area contributed by atoms with Crippen molar-refractivity contribution in [2.45, 2.75) is 19.8 Å². The summed E-state index contributed by atoms with van der Waals surface area (Å²) in [6.07, 6.45) is 1.60. The second-order valence-corrected chi connectivity index (χ2v) is 7.84. The Balaban J connectivity index is 2.20. The van der Waals surface area contributed by atoms with Crippen molar-refractivity contribution in [1.29, 1.82) is 0 Å². The van der Waals surface area contributed by atoms with Gasteiger partial charge in [-0.3, -0.25) is 0 Å². The van der Waals surface area contributed by atoms with E-state index in [4.69, 9.17) is 0 Å². The Morgan fingerprint density at radius 2 is 1.12 bits per heavy atom. The molecule has 0 atom stereocenters. The van der Waals surface area contributed by atoms with Crippen LogP contribution in [0.1, 0.15) is 39.6 Å². The molecule has 4 aromatic rings. The van der Waals surface area contributed by atoms with Crippen molar-refractivity contribution in [1.82, 2.24) is 0 Å². The molecule has 0 radical (unpaired) electrons. The van der Waals surface area contributed by atoms with Gasteiger partial charge in [0.05, 0.1) is 11.1 Å². The van der Waals surface area contributed by atoms with Gasteiger partial charge < -0.3 is 10.2 Å². The fourth-order valence-electron chi connectivity index (χ4n) is 4.34. The first-order valence-corrected chi connectivity index (χ1v) is 10.9. The van der Waals surface area contributed by atoms with Crippen LogP contribution in [0.5, 0.6) is 0 Å². The van der Waals surface area contributed by atoms with E-state index in [1.54, 1.807) is 36.4 Å². The van der Waals surface area contributed by atoms with Crippen LogP contribution in [0.2, 0.25) is 0 Å². The lowest BCUT2D eigenvalue weighted by molar-refractivity contribution is 0.0686. The van der Waals surface area contributed by atoms with E-state index in [0.29, 0.717) is 11.1 Å². The highest BCUT2D eigenvalue weighted by Crippen LogP contribution is 2.44. The molecule has 0 aliphatic carbocycles. The van der Waals surface area contributed by atoms with Crippen LogP contribution in [0.4, 0.5) is 0 Å². The molecule has 4 nitrogen and oxygen atoms in total. The normalized spacial score (nSPS) is 10.7. The predicted octanol–water partition coefficient (Wildman–Crippen LogP) is 7.04. The molecule has 0 saturated carbocycles. The number of aromatic carboxylic acids is 2. The molecule has 4 aromatic carbocycles. The smallest absolute Gasteiger partial charge is 0.336 e. The van der Waals surface area contributed by atoms with Crippen molar-refractivity contribution in [3.8, 4) is 33.4 Å². The Labute approximate surface area is 192 Å². The van der Waals surface area contributed by atoms with E-state index in [1.807, 2.05) is 54.6 Å². The summed E-state index contributed by atoms with van der Waals surface area (Å²) in [4.78, 5) is 24.3. The molecule has 33 heavy (non-hydrogen) atoms. The third-order valence-electron chi connectivity index (χ3n) is 5.75. The Morgan fingerprint density at radius 3 is 1.67 bits per heavy atom. The van der Waals surface area contributed by atoms with Gasteiger partial charge in [-0.1, -0.05) is 92.2 Å². The minimum absolute atomic E-state index is 0.178. The van der Waals surface area contributed by atoms with E-state index >= 15 is 0 Å². The summed E-state index contributed by atoms with van der Waals surface area (Å²) in [5, 5.41) is 19.9. The summed E-state index contributed by atoms with van der Waals surface area (Å²) in [5.41, 5.74) is 5.80. The lowest BCUT2D eigenvalue weighted by Crippen LogP contribution is -2.05. The Kier molecular flexibility index (Phi) is 6.36. The van der Waals surface area contributed by atoms with Crippen molar-refractivity contribution in [3.63, 3.8) is 0 Å². The second kappa shape index (κ2) is 9.53. The molecule has 0 fully saturated rings. The van der Waals surface area contributed by atoms with E-state index in [9.17, 15) is 19.8 Å². The van der Waals surface area contributed by atoms with Crippen LogP contribution in [0.3, 0.4) is 0 Å². The zero-order valence-corrected chi connectivity index (χ0v) is 18.3. The van der Waals surface area contributed by atoms with Gasteiger partial charge in [-0.25, -0.2) is 9.59 Å². The summed E-state index contributed by atoms with van der Waals surface area (Å²) in [7, 11) is 0. The van der Waals surface area contributed by atoms with Gasteiger partial charge in [0.1, 0.15) is 0 Å². The molecular formula is C29H24O4. The minimum Gasteiger partial charge on any atom is -0.478 e. The largest absolute Gasteiger partial charge is 0.478 e. The summed E-state index contributed by atoms with van der Waals surface area (Å²) < 4.78 is 0. The molecule has 2 N–H and O–H groups in total. The van der Waals surface area contributed by atoms with E-state index in [0.717, 1.165) is 40.7 Å². The van der Waals surface area contributed by atoms with Crippen LogP contribution in [0, 0.1) is 0 Å². The Bertz CT molecular complexity index is 1320. The average molecular weight is 437 g/mol. The number of carboxylic acids is 2. The molecular weight excluding hydrogens is 412 g/mol. The first kappa shape index (κ1) is 22.0. The monoisotopic (exact) mass is 436 g/mol. The zero-order valence-electron chi connectivity index (χ0n) is 18.3. The lowest BCUT2D eigenvalue weighted by atomic mass is 9.81. The van der Waals surface area contributed by atoms with E-state index in [1.165, 1.54) is 0 Å². The highest BCUT2D eigenvalue weighted by Gasteiger charge is 2.24. The molecule has 0 aliphatic heterocycles. The topological polar surface area (TPSA) is 74.6 Å². The van der Waals surface area contributed by atoms with Crippen LogP contribution in [-0.2, 0) is 6.42 Å². The van der Waals surface area contributed by atoms with Crippen molar-refractivity contribution in [3.05, 3.63) is 108 Å². The van der Waals surface area contributed by atoms with Crippen molar-refractivity contribution >= 4 is 11.9 Å². The van der Waals surface area contributed by atoms with E-state index in [2.05, 4.69) is 6.92 Å². The van der Waals surface area contributed by atoms with E-state index < -0.39 is 11.9 Å². The number of aryl methyl sites for hydroxylation is 1. The zero-order chi connectivity index (χ0) is 23.4. The minimum atomic E-state index is -1.03. The summed E-state index contributed by atoms with van der Waals surface area (Å²) in [6.45, 7) is 2.07. The van der Waals surface area contributed by atoms with Crippen LogP contribution >= 0.6 is 0 Å².